The Morgan fingerprint density at radius 2 is 2.42 bits per heavy atom. The third-order valence-electron chi connectivity index (χ3n) is 1.71. The molecule has 2 heterocycles. The van der Waals surface area contributed by atoms with Crippen molar-refractivity contribution in [1.82, 2.24) is 19.6 Å². The average molecular weight is 162 g/mol. The lowest BCUT2D eigenvalue weighted by molar-refractivity contribution is 0.856. The highest BCUT2D eigenvalue weighted by atomic mass is 15.3. The topological polar surface area (TPSA) is 43.1 Å². The van der Waals surface area contributed by atoms with Gasteiger partial charge in [-0.3, -0.25) is 0 Å². The van der Waals surface area contributed by atoms with Crippen molar-refractivity contribution in [2.45, 2.75) is 19.8 Å². The van der Waals surface area contributed by atoms with Gasteiger partial charge in [0.25, 0.3) is 5.78 Å². The Labute approximate surface area is 70.3 Å². The summed E-state index contributed by atoms with van der Waals surface area (Å²) < 4.78 is 1.67. The molecule has 0 saturated carbocycles. The van der Waals surface area contributed by atoms with Gasteiger partial charge in [0.2, 0.25) is 0 Å². The van der Waals surface area contributed by atoms with E-state index in [1.165, 1.54) is 6.33 Å². The largest absolute Gasteiger partial charge is 0.252 e. The van der Waals surface area contributed by atoms with E-state index >= 15 is 0 Å². The summed E-state index contributed by atoms with van der Waals surface area (Å²) in [7, 11) is 0. The molecule has 2 rings (SSSR count). The van der Waals surface area contributed by atoms with Gasteiger partial charge in [0.1, 0.15) is 6.33 Å². The summed E-state index contributed by atoms with van der Waals surface area (Å²) in [4.78, 5) is 8.32. The first-order chi connectivity index (χ1) is 5.90. The molecule has 2 aromatic rings. The van der Waals surface area contributed by atoms with Gasteiger partial charge in [-0.25, -0.2) is 9.50 Å². The van der Waals surface area contributed by atoms with Gasteiger partial charge in [-0.2, -0.15) is 10.1 Å². The first-order valence-corrected chi connectivity index (χ1v) is 4.05. The van der Waals surface area contributed by atoms with Gasteiger partial charge in [0.15, 0.2) is 0 Å². The summed E-state index contributed by atoms with van der Waals surface area (Å²) in [5.41, 5.74) is 1.08. The van der Waals surface area contributed by atoms with Crippen molar-refractivity contribution in [3.63, 3.8) is 0 Å². The average Bonchev–Trinajstić information content (AvgIpc) is 2.51. The molecule has 0 aliphatic carbocycles. The van der Waals surface area contributed by atoms with E-state index in [0.717, 1.165) is 18.5 Å². The van der Waals surface area contributed by atoms with Crippen LogP contribution in [0.25, 0.3) is 5.78 Å². The van der Waals surface area contributed by atoms with E-state index in [1.54, 1.807) is 4.52 Å². The van der Waals surface area contributed by atoms with Crippen LogP contribution in [0.3, 0.4) is 0 Å². The molecule has 0 spiro atoms. The standard InChI is InChI=1S/C8H10N4/c1-2-3-7-4-5-12-8(11-7)9-6-10-12/h4-6H,2-3H2,1H3. The number of hydrogen-bond acceptors (Lipinski definition) is 3. The van der Waals surface area contributed by atoms with E-state index in [9.17, 15) is 0 Å². The van der Waals surface area contributed by atoms with Crippen LogP contribution in [0, 0.1) is 0 Å². The molecule has 0 aliphatic heterocycles. The Balaban J connectivity index is 2.46. The summed E-state index contributed by atoms with van der Waals surface area (Å²) >= 11 is 0. The van der Waals surface area contributed by atoms with Gasteiger partial charge in [-0.15, -0.1) is 0 Å². The van der Waals surface area contributed by atoms with Gasteiger partial charge in [0.05, 0.1) is 0 Å². The molecule has 4 heteroatoms. The highest BCUT2D eigenvalue weighted by molar-refractivity contribution is 5.25. The lowest BCUT2D eigenvalue weighted by Crippen LogP contribution is -1.95. The molecular formula is C8H10N4. The fourth-order valence-electron chi connectivity index (χ4n) is 1.15. The highest BCUT2D eigenvalue weighted by Crippen LogP contribution is 2.00. The van der Waals surface area contributed by atoms with E-state index in [4.69, 9.17) is 0 Å². The maximum absolute atomic E-state index is 4.31. The minimum atomic E-state index is 0.681. The van der Waals surface area contributed by atoms with Crippen molar-refractivity contribution < 1.29 is 0 Å². The van der Waals surface area contributed by atoms with Gasteiger partial charge < -0.3 is 0 Å². The molecule has 0 amide bonds. The van der Waals surface area contributed by atoms with Gasteiger partial charge in [-0.1, -0.05) is 13.3 Å². The maximum atomic E-state index is 4.31. The van der Waals surface area contributed by atoms with Crippen molar-refractivity contribution in [3.05, 3.63) is 24.3 Å². The monoisotopic (exact) mass is 162 g/mol. The van der Waals surface area contributed by atoms with E-state index in [1.807, 2.05) is 12.3 Å². The number of fused-ring (bicyclic) bond motifs is 1. The molecular weight excluding hydrogens is 152 g/mol. The molecule has 12 heavy (non-hydrogen) atoms. The zero-order valence-electron chi connectivity index (χ0n) is 6.94. The second-order valence-electron chi connectivity index (χ2n) is 2.67. The van der Waals surface area contributed by atoms with Crippen molar-refractivity contribution in [1.29, 1.82) is 0 Å². The lowest BCUT2D eigenvalue weighted by atomic mass is 10.2. The number of nitrogens with zero attached hydrogens (tertiary/aromatic N) is 4. The van der Waals surface area contributed by atoms with Crippen LogP contribution >= 0.6 is 0 Å². The molecule has 0 atom stereocenters. The van der Waals surface area contributed by atoms with Crippen molar-refractivity contribution >= 4 is 5.78 Å². The Kier molecular flexibility index (Phi) is 1.74. The normalized spacial score (nSPS) is 10.8. The molecule has 2 aromatic heterocycles. The Bertz CT molecular complexity index is 379. The summed E-state index contributed by atoms with van der Waals surface area (Å²) in [6.45, 7) is 2.13. The molecule has 0 fully saturated rings. The van der Waals surface area contributed by atoms with E-state index in [-0.39, 0.29) is 0 Å². The van der Waals surface area contributed by atoms with Gasteiger partial charge in [0, 0.05) is 11.9 Å². The Morgan fingerprint density at radius 3 is 3.25 bits per heavy atom. The van der Waals surface area contributed by atoms with Crippen LogP contribution in [-0.4, -0.2) is 19.6 Å². The number of aryl methyl sites for hydroxylation is 1. The highest BCUT2D eigenvalue weighted by Gasteiger charge is 1.97. The summed E-state index contributed by atoms with van der Waals surface area (Å²) in [5.74, 6) is 0.681. The zero-order chi connectivity index (χ0) is 8.39. The lowest BCUT2D eigenvalue weighted by Gasteiger charge is -1.96. The summed E-state index contributed by atoms with van der Waals surface area (Å²) in [6.07, 6.45) is 5.51. The molecule has 0 N–H and O–H groups in total. The van der Waals surface area contributed by atoms with Crippen LogP contribution in [0.4, 0.5) is 0 Å². The van der Waals surface area contributed by atoms with E-state index in [0.29, 0.717) is 5.78 Å². The third-order valence-corrected chi connectivity index (χ3v) is 1.71. The fraction of sp³-hybridized carbons (Fsp3) is 0.375. The summed E-state index contributed by atoms with van der Waals surface area (Å²) in [6, 6.07) is 1.98. The van der Waals surface area contributed by atoms with Crippen LogP contribution in [-0.2, 0) is 6.42 Å². The molecule has 62 valence electrons. The minimum absolute atomic E-state index is 0.681. The van der Waals surface area contributed by atoms with E-state index in [2.05, 4.69) is 22.0 Å². The quantitative estimate of drug-likeness (QED) is 0.663. The predicted molar refractivity (Wildman–Crippen MR) is 44.8 cm³/mol. The molecule has 0 aliphatic rings. The van der Waals surface area contributed by atoms with Crippen molar-refractivity contribution in [3.8, 4) is 0 Å². The third kappa shape index (κ3) is 1.15. The SMILES string of the molecule is CCCc1ccn2ncnc2n1. The molecule has 4 nitrogen and oxygen atoms in total. The number of rotatable bonds is 2. The number of aromatic nitrogens is 4. The molecule has 0 bridgehead atoms. The van der Waals surface area contributed by atoms with E-state index < -0.39 is 0 Å². The number of hydrogen-bond donors (Lipinski definition) is 0. The van der Waals surface area contributed by atoms with Crippen LogP contribution < -0.4 is 0 Å². The van der Waals surface area contributed by atoms with Crippen LogP contribution in [0.2, 0.25) is 0 Å². The molecule has 0 radical (unpaired) electrons. The van der Waals surface area contributed by atoms with Gasteiger partial charge >= 0.3 is 0 Å². The summed E-state index contributed by atoms with van der Waals surface area (Å²) in [5, 5.41) is 3.96. The first-order valence-electron chi connectivity index (χ1n) is 4.05. The Hall–Kier alpha value is -1.45. The molecule has 0 unspecified atom stereocenters. The van der Waals surface area contributed by atoms with Crippen LogP contribution in [0.1, 0.15) is 19.0 Å². The Morgan fingerprint density at radius 1 is 1.50 bits per heavy atom. The minimum Gasteiger partial charge on any atom is -0.216 e. The van der Waals surface area contributed by atoms with Crippen molar-refractivity contribution in [2.24, 2.45) is 0 Å². The first kappa shape index (κ1) is 7.21. The fourth-order valence-corrected chi connectivity index (χ4v) is 1.15. The predicted octanol–water partition coefficient (Wildman–Crippen LogP) is 1.08. The van der Waals surface area contributed by atoms with Crippen LogP contribution in [0.15, 0.2) is 18.6 Å². The maximum Gasteiger partial charge on any atom is 0.252 e. The van der Waals surface area contributed by atoms with Crippen molar-refractivity contribution in [2.75, 3.05) is 0 Å². The zero-order valence-corrected chi connectivity index (χ0v) is 6.94. The molecule has 0 aromatic carbocycles. The second-order valence-corrected chi connectivity index (χ2v) is 2.67. The van der Waals surface area contributed by atoms with Crippen LogP contribution in [0.5, 0.6) is 0 Å². The molecule has 0 saturated heterocycles. The van der Waals surface area contributed by atoms with Gasteiger partial charge in [-0.05, 0) is 12.5 Å². The smallest absolute Gasteiger partial charge is 0.216 e. The second kappa shape index (κ2) is 2.89.